The van der Waals surface area contributed by atoms with Crippen molar-refractivity contribution in [2.75, 3.05) is 7.11 Å². The molecule has 0 aliphatic carbocycles. The molecule has 0 saturated carbocycles. The highest BCUT2D eigenvalue weighted by Gasteiger charge is 2.21. The molecule has 20 heavy (non-hydrogen) atoms. The summed E-state index contributed by atoms with van der Waals surface area (Å²) in [6.45, 7) is 0.103. The van der Waals surface area contributed by atoms with Gasteiger partial charge < -0.3 is 25.0 Å². The number of hydrogen-bond acceptors (Lipinski definition) is 6. The number of esters is 1. The molecular formula is C11H15N3O6. The quantitative estimate of drug-likeness (QED) is 0.595. The van der Waals surface area contributed by atoms with Gasteiger partial charge in [-0.25, -0.2) is 9.59 Å². The summed E-state index contributed by atoms with van der Waals surface area (Å²) >= 11 is 0. The lowest BCUT2D eigenvalue weighted by Crippen LogP contribution is -2.46. The normalized spacial score (nSPS) is 11.4. The summed E-state index contributed by atoms with van der Waals surface area (Å²) in [5.74, 6) is -1.77. The van der Waals surface area contributed by atoms with E-state index in [0.29, 0.717) is 5.69 Å². The van der Waals surface area contributed by atoms with Crippen molar-refractivity contribution in [3.05, 3.63) is 18.0 Å². The zero-order valence-corrected chi connectivity index (χ0v) is 10.8. The zero-order valence-electron chi connectivity index (χ0n) is 10.8. The van der Waals surface area contributed by atoms with Gasteiger partial charge in [0.1, 0.15) is 18.0 Å². The Balaban J connectivity index is 2.38. The van der Waals surface area contributed by atoms with Crippen molar-refractivity contribution in [1.82, 2.24) is 15.8 Å². The predicted molar refractivity (Wildman–Crippen MR) is 64.5 cm³/mol. The number of ether oxygens (including phenoxy) is 1. The van der Waals surface area contributed by atoms with E-state index in [2.05, 4.69) is 25.1 Å². The molecule has 2 amide bonds. The molecule has 0 aromatic carbocycles. The largest absolute Gasteiger partial charge is 0.480 e. The molecule has 1 atom stereocenters. The van der Waals surface area contributed by atoms with Gasteiger partial charge in [0.25, 0.3) is 0 Å². The van der Waals surface area contributed by atoms with Crippen LogP contribution in [0.5, 0.6) is 0 Å². The minimum atomic E-state index is -1.23. The van der Waals surface area contributed by atoms with Crippen LogP contribution in [0.25, 0.3) is 0 Å². The lowest BCUT2D eigenvalue weighted by atomic mass is 10.1. The van der Waals surface area contributed by atoms with Crippen LogP contribution in [-0.2, 0) is 20.9 Å². The molecule has 0 fully saturated rings. The molecule has 1 aromatic rings. The number of aromatic nitrogens is 1. The molecule has 0 bridgehead atoms. The Morgan fingerprint density at radius 1 is 1.50 bits per heavy atom. The van der Waals surface area contributed by atoms with Gasteiger partial charge in [-0.15, -0.1) is 0 Å². The number of nitrogens with one attached hydrogen (secondary N) is 2. The molecule has 0 aliphatic heterocycles. The van der Waals surface area contributed by atoms with Crippen molar-refractivity contribution in [2.24, 2.45) is 0 Å². The fourth-order valence-corrected chi connectivity index (χ4v) is 1.33. The van der Waals surface area contributed by atoms with Crippen LogP contribution in [0.4, 0.5) is 4.79 Å². The number of carbonyl (C=O) groups is 3. The summed E-state index contributed by atoms with van der Waals surface area (Å²) in [5, 5.41) is 17.2. The highest BCUT2D eigenvalue weighted by molar-refractivity contribution is 5.83. The van der Waals surface area contributed by atoms with E-state index < -0.39 is 24.0 Å². The maximum Gasteiger partial charge on any atom is 0.326 e. The summed E-state index contributed by atoms with van der Waals surface area (Å²) in [6.07, 6.45) is 1.20. The van der Waals surface area contributed by atoms with Crippen molar-refractivity contribution < 1.29 is 28.8 Å². The van der Waals surface area contributed by atoms with Crippen LogP contribution in [0, 0.1) is 0 Å². The predicted octanol–water partition coefficient (Wildman–Crippen LogP) is -0.120. The molecule has 0 aliphatic rings. The number of carbonyl (C=O) groups excluding carboxylic acids is 2. The first-order valence-electron chi connectivity index (χ1n) is 5.76. The number of carboxylic acids is 1. The van der Waals surface area contributed by atoms with Gasteiger partial charge >= 0.3 is 18.0 Å². The Morgan fingerprint density at radius 2 is 2.25 bits per heavy atom. The average Bonchev–Trinajstić information content (AvgIpc) is 2.93. The van der Waals surface area contributed by atoms with Crippen LogP contribution in [0.1, 0.15) is 18.5 Å². The maximum absolute atomic E-state index is 11.5. The monoisotopic (exact) mass is 285 g/mol. The smallest absolute Gasteiger partial charge is 0.326 e. The van der Waals surface area contributed by atoms with Gasteiger partial charge in [-0.3, -0.25) is 4.79 Å². The summed E-state index contributed by atoms with van der Waals surface area (Å²) in [6, 6.07) is -0.289. The van der Waals surface area contributed by atoms with Gasteiger partial charge in [0.2, 0.25) is 0 Å². The molecule has 3 N–H and O–H groups in total. The highest BCUT2D eigenvalue weighted by Crippen LogP contribution is 2.00. The fraction of sp³-hybridized carbons (Fsp3) is 0.455. The number of aliphatic carboxylic acids is 1. The van der Waals surface area contributed by atoms with Crippen LogP contribution in [0.2, 0.25) is 0 Å². The number of methoxy groups -OCH3 is 1. The summed E-state index contributed by atoms with van der Waals surface area (Å²) in [7, 11) is 1.20. The molecule has 0 unspecified atom stereocenters. The zero-order chi connectivity index (χ0) is 15.0. The fourth-order valence-electron chi connectivity index (χ4n) is 1.33. The van der Waals surface area contributed by atoms with Crippen molar-refractivity contribution in [3.8, 4) is 0 Å². The maximum atomic E-state index is 11.5. The number of nitrogens with zero attached hydrogens (tertiary/aromatic N) is 1. The molecule has 0 saturated heterocycles. The van der Waals surface area contributed by atoms with E-state index >= 15 is 0 Å². The standard InChI is InChI=1S/C11H15N3O6/c1-19-9(15)3-2-8(10(16)17)13-11(18)12-6-7-4-5-20-14-7/h4-5,8H,2-3,6H2,1H3,(H,16,17)(H2,12,13,18)/t8-/m1/s1. The second kappa shape index (κ2) is 7.77. The lowest BCUT2D eigenvalue weighted by molar-refractivity contribution is -0.142. The molecule has 0 radical (unpaired) electrons. The molecule has 1 aromatic heterocycles. The summed E-state index contributed by atoms with van der Waals surface area (Å²) in [4.78, 5) is 33.4. The summed E-state index contributed by atoms with van der Waals surface area (Å²) < 4.78 is 8.98. The van der Waals surface area contributed by atoms with Crippen LogP contribution >= 0.6 is 0 Å². The third kappa shape index (κ3) is 5.38. The van der Waals surface area contributed by atoms with Crippen molar-refractivity contribution in [3.63, 3.8) is 0 Å². The average molecular weight is 285 g/mol. The molecule has 1 rings (SSSR count). The number of urea groups is 1. The topological polar surface area (TPSA) is 131 Å². The summed E-state index contributed by atoms with van der Waals surface area (Å²) in [5.41, 5.74) is 0.501. The van der Waals surface area contributed by atoms with Crippen molar-refractivity contribution >= 4 is 18.0 Å². The Labute approximate surface area is 114 Å². The number of amides is 2. The van der Waals surface area contributed by atoms with E-state index in [4.69, 9.17) is 5.11 Å². The molecule has 1 heterocycles. The third-order valence-corrected chi connectivity index (χ3v) is 2.39. The number of carboxylic acid groups (broad SMARTS) is 1. The SMILES string of the molecule is COC(=O)CC[C@@H](NC(=O)NCc1ccon1)C(=O)O. The van der Waals surface area contributed by atoms with Gasteiger partial charge in [-0.1, -0.05) is 5.16 Å². The Hall–Kier alpha value is -2.58. The first-order chi connectivity index (χ1) is 9.52. The number of rotatable bonds is 7. The van der Waals surface area contributed by atoms with E-state index in [0.717, 1.165) is 0 Å². The van der Waals surface area contributed by atoms with Crippen LogP contribution < -0.4 is 10.6 Å². The molecule has 9 heteroatoms. The second-order valence-electron chi connectivity index (χ2n) is 3.82. The first kappa shape index (κ1) is 15.5. The molecular weight excluding hydrogens is 270 g/mol. The Morgan fingerprint density at radius 3 is 2.80 bits per heavy atom. The van der Waals surface area contributed by atoms with E-state index in [-0.39, 0.29) is 19.4 Å². The minimum absolute atomic E-state index is 0.0562. The van der Waals surface area contributed by atoms with Crippen LogP contribution in [-0.4, -0.2) is 41.4 Å². The molecule has 0 spiro atoms. The molecule has 110 valence electrons. The third-order valence-electron chi connectivity index (χ3n) is 2.39. The van der Waals surface area contributed by atoms with Gasteiger partial charge in [0.05, 0.1) is 13.7 Å². The Kier molecular flexibility index (Phi) is 6.01. The van der Waals surface area contributed by atoms with Crippen molar-refractivity contribution in [2.45, 2.75) is 25.4 Å². The first-order valence-corrected chi connectivity index (χ1v) is 5.76. The van der Waals surface area contributed by atoms with E-state index in [1.807, 2.05) is 0 Å². The van der Waals surface area contributed by atoms with Crippen molar-refractivity contribution in [1.29, 1.82) is 0 Å². The van der Waals surface area contributed by atoms with Crippen LogP contribution in [0.3, 0.4) is 0 Å². The van der Waals surface area contributed by atoms with Gasteiger partial charge in [-0.05, 0) is 6.42 Å². The minimum Gasteiger partial charge on any atom is -0.480 e. The second-order valence-corrected chi connectivity index (χ2v) is 3.82. The van der Waals surface area contributed by atoms with Gasteiger partial charge in [0.15, 0.2) is 0 Å². The van der Waals surface area contributed by atoms with Gasteiger partial charge in [-0.2, -0.15) is 0 Å². The Bertz CT molecular complexity index is 459. The van der Waals surface area contributed by atoms with E-state index in [1.165, 1.54) is 13.4 Å². The molecule has 9 nitrogen and oxygen atoms in total. The lowest BCUT2D eigenvalue weighted by Gasteiger charge is -2.14. The van der Waals surface area contributed by atoms with E-state index in [9.17, 15) is 14.4 Å². The van der Waals surface area contributed by atoms with Gasteiger partial charge in [0, 0.05) is 12.5 Å². The van der Waals surface area contributed by atoms with Crippen LogP contribution in [0.15, 0.2) is 16.9 Å². The number of hydrogen-bond donors (Lipinski definition) is 3. The van der Waals surface area contributed by atoms with E-state index in [1.54, 1.807) is 6.07 Å². The highest BCUT2D eigenvalue weighted by atomic mass is 16.5.